The molecule has 0 aromatic carbocycles. The highest BCUT2D eigenvalue weighted by Crippen LogP contribution is 2.41. The molecule has 1 aliphatic heterocycles. The Labute approximate surface area is 109 Å². The summed E-state index contributed by atoms with van der Waals surface area (Å²) in [6, 6.07) is 0. The number of carbonyl (C=O) groups is 2. The largest absolute Gasteiger partial charge is 0.316 e. The summed E-state index contributed by atoms with van der Waals surface area (Å²) in [5, 5.41) is 3.29. The van der Waals surface area contributed by atoms with Gasteiger partial charge >= 0.3 is 0 Å². The van der Waals surface area contributed by atoms with Crippen LogP contribution >= 0.6 is 0 Å². The lowest BCUT2D eigenvalue weighted by Gasteiger charge is -2.03. The van der Waals surface area contributed by atoms with Gasteiger partial charge in [-0.2, -0.15) is 0 Å². The summed E-state index contributed by atoms with van der Waals surface area (Å²) in [5.74, 6) is 3.99. The molecule has 0 unspecified atom stereocenters. The van der Waals surface area contributed by atoms with Gasteiger partial charge in [0.15, 0.2) is 0 Å². The van der Waals surface area contributed by atoms with Crippen LogP contribution in [0.4, 0.5) is 0 Å². The lowest BCUT2D eigenvalue weighted by Crippen LogP contribution is -2.11. The van der Waals surface area contributed by atoms with E-state index in [4.69, 9.17) is 0 Å². The standard InChI is InChI=1S/C8H12O.C7H11NO/c9-8-4-6-2-1-3-7(6)5-8;9-7-1-5-3-8-4-6(5)2-7/h6-7H,1-5H2;5-6,8H,1-4H2/t6-,7+;5-,6+. The topological polar surface area (TPSA) is 46.2 Å². The van der Waals surface area contributed by atoms with Crippen LogP contribution in [0, 0.1) is 23.7 Å². The monoisotopic (exact) mass is 249 g/mol. The minimum Gasteiger partial charge on any atom is -0.316 e. The molecule has 1 heterocycles. The molecular formula is C15H23NO2. The number of carbonyl (C=O) groups excluding carboxylic acids is 2. The van der Waals surface area contributed by atoms with Crippen molar-refractivity contribution in [1.82, 2.24) is 5.32 Å². The summed E-state index contributed by atoms with van der Waals surface area (Å²) in [4.78, 5) is 21.7. The first-order chi connectivity index (χ1) is 8.72. The molecular weight excluding hydrogens is 226 g/mol. The molecule has 0 bridgehead atoms. The number of hydrogen-bond acceptors (Lipinski definition) is 3. The van der Waals surface area contributed by atoms with Crippen molar-refractivity contribution in [3.05, 3.63) is 0 Å². The first-order valence-corrected chi connectivity index (χ1v) is 7.46. The highest BCUT2D eigenvalue weighted by Gasteiger charge is 2.36. The quantitative estimate of drug-likeness (QED) is 0.714. The molecule has 0 radical (unpaired) electrons. The molecule has 4 rings (SSSR count). The van der Waals surface area contributed by atoms with Gasteiger partial charge in [0.05, 0.1) is 0 Å². The number of hydrogen-bond donors (Lipinski definition) is 1. The highest BCUT2D eigenvalue weighted by molar-refractivity contribution is 5.81. The fourth-order valence-corrected chi connectivity index (χ4v) is 4.25. The average Bonchev–Trinajstić information content (AvgIpc) is 2.97. The molecule has 0 amide bonds. The van der Waals surface area contributed by atoms with Crippen LogP contribution in [-0.2, 0) is 9.59 Å². The van der Waals surface area contributed by atoms with Crippen LogP contribution < -0.4 is 5.32 Å². The van der Waals surface area contributed by atoms with E-state index < -0.39 is 0 Å². The van der Waals surface area contributed by atoms with Gasteiger partial charge in [0.2, 0.25) is 0 Å². The van der Waals surface area contributed by atoms with E-state index in [0.29, 0.717) is 23.4 Å². The molecule has 1 saturated heterocycles. The van der Waals surface area contributed by atoms with E-state index in [1.165, 1.54) is 19.3 Å². The molecule has 4 aliphatic rings. The maximum absolute atomic E-state index is 10.9. The van der Waals surface area contributed by atoms with Crippen LogP contribution in [0.15, 0.2) is 0 Å². The minimum absolute atomic E-state index is 0.478. The van der Waals surface area contributed by atoms with E-state index in [0.717, 1.165) is 50.6 Å². The summed E-state index contributed by atoms with van der Waals surface area (Å²) >= 11 is 0. The fourth-order valence-electron chi connectivity index (χ4n) is 4.25. The lowest BCUT2D eigenvalue weighted by molar-refractivity contribution is -0.118. The van der Waals surface area contributed by atoms with Crippen molar-refractivity contribution in [2.75, 3.05) is 13.1 Å². The second kappa shape index (κ2) is 5.12. The third-order valence-corrected chi connectivity index (χ3v) is 5.26. The summed E-state index contributed by atoms with van der Waals surface area (Å²) in [6.07, 6.45) is 7.54. The summed E-state index contributed by atoms with van der Waals surface area (Å²) < 4.78 is 0. The van der Waals surface area contributed by atoms with Gasteiger partial charge in [-0.3, -0.25) is 9.59 Å². The van der Waals surface area contributed by atoms with E-state index in [1.54, 1.807) is 0 Å². The number of ketones is 2. The molecule has 1 N–H and O–H groups in total. The Bertz CT molecular complexity index is 290. The molecule has 4 fully saturated rings. The number of rotatable bonds is 0. The molecule has 4 atom stereocenters. The van der Waals surface area contributed by atoms with Gasteiger partial charge in [-0.1, -0.05) is 6.42 Å². The average molecular weight is 249 g/mol. The fraction of sp³-hybridized carbons (Fsp3) is 0.867. The second-order valence-electron chi connectivity index (χ2n) is 6.52. The van der Waals surface area contributed by atoms with Crippen LogP contribution in [0.2, 0.25) is 0 Å². The SMILES string of the molecule is O=C1C[C@H]2CCC[C@H]2C1.O=C1C[C@H]2CNC[C@H]2C1. The normalized spacial score (nSPS) is 41.6. The maximum Gasteiger partial charge on any atom is 0.133 e. The predicted octanol–water partition coefficient (Wildman–Crippen LogP) is 1.95. The van der Waals surface area contributed by atoms with E-state index in [9.17, 15) is 9.59 Å². The van der Waals surface area contributed by atoms with Crippen molar-refractivity contribution in [3.8, 4) is 0 Å². The molecule has 0 spiro atoms. The number of Topliss-reactive ketones (excluding diaryl/α,β-unsaturated/α-hetero) is 2. The van der Waals surface area contributed by atoms with Gasteiger partial charge in [-0.05, 0) is 49.6 Å². The van der Waals surface area contributed by atoms with Crippen LogP contribution in [0.1, 0.15) is 44.9 Å². The van der Waals surface area contributed by atoms with E-state index >= 15 is 0 Å². The van der Waals surface area contributed by atoms with Crippen molar-refractivity contribution in [2.45, 2.75) is 44.9 Å². The van der Waals surface area contributed by atoms with Crippen LogP contribution in [-0.4, -0.2) is 24.7 Å². The maximum atomic E-state index is 10.9. The smallest absolute Gasteiger partial charge is 0.133 e. The summed E-state index contributed by atoms with van der Waals surface area (Å²) in [5.41, 5.74) is 0. The molecule has 100 valence electrons. The minimum atomic E-state index is 0.478. The lowest BCUT2D eigenvalue weighted by atomic mass is 10.0. The Morgan fingerprint density at radius 3 is 1.67 bits per heavy atom. The van der Waals surface area contributed by atoms with Crippen molar-refractivity contribution in [2.24, 2.45) is 23.7 Å². The van der Waals surface area contributed by atoms with Crippen molar-refractivity contribution >= 4 is 11.6 Å². The predicted molar refractivity (Wildman–Crippen MR) is 69.2 cm³/mol. The molecule has 18 heavy (non-hydrogen) atoms. The highest BCUT2D eigenvalue weighted by atomic mass is 16.1. The van der Waals surface area contributed by atoms with Gasteiger partial charge in [0.25, 0.3) is 0 Å². The zero-order chi connectivity index (χ0) is 12.5. The Balaban J connectivity index is 0.000000111. The third-order valence-electron chi connectivity index (χ3n) is 5.26. The van der Waals surface area contributed by atoms with E-state index in [1.807, 2.05) is 0 Å². The molecule has 3 nitrogen and oxygen atoms in total. The number of nitrogens with one attached hydrogen (secondary N) is 1. The van der Waals surface area contributed by atoms with Gasteiger partial charge in [-0.15, -0.1) is 0 Å². The Morgan fingerprint density at radius 2 is 1.17 bits per heavy atom. The van der Waals surface area contributed by atoms with Gasteiger partial charge < -0.3 is 5.32 Å². The summed E-state index contributed by atoms with van der Waals surface area (Å²) in [6.45, 7) is 2.16. The van der Waals surface area contributed by atoms with Crippen molar-refractivity contribution < 1.29 is 9.59 Å². The van der Waals surface area contributed by atoms with Crippen molar-refractivity contribution in [3.63, 3.8) is 0 Å². The van der Waals surface area contributed by atoms with Crippen LogP contribution in [0.3, 0.4) is 0 Å². The number of fused-ring (bicyclic) bond motifs is 2. The van der Waals surface area contributed by atoms with Crippen molar-refractivity contribution in [1.29, 1.82) is 0 Å². The molecule has 0 aromatic heterocycles. The molecule has 3 heteroatoms. The zero-order valence-electron chi connectivity index (χ0n) is 11.0. The van der Waals surface area contributed by atoms with E-state index in [-0.39, 0.29) is 0 Å². The molecule has 0 aromatic rings. The molecule has 3 saturated carbocycles. The second-order valence-corrected chi connectivity index (χ2v) is 6.52. The van der Waals surface area contributed by atoms with Gasteiger partial charge in [0.1, 0.15) is 11.6 Å². The van der Waals surface area contributed by atoms with Gasteiger partial charge in [-0.25, -0.2) is 0 Å². The zero-order valence-corrected chi connectivity index (χ0v) is 11.0. The Morgan fingerprint density at radius 1 is 0.722 bits per heavy atom. The van der Waals surface area contributed by atoms with Crippen LogP contribution in [0.25, 0.3) is 0 Å². The summed E-state index contributed by atoms with van der Waals surface area (Å²) in [7, 11) is 0. The Hall–Kier alpha value is -0.700. The van der Waals surface area contributed by atoms with Gasteiger partial charge in [0, 0.05) is 25.7 Å². The first-order valence-electron chi connectivity index (χ1n) is 7.46. The molecule has 3 aliphatic carbocycles. The van der Waals surface area contributed by atoms with Crippen LogP contribution in [0.5, 0.6) is 0 Å². The first kappa shape index (κ1) is 12.3. The Kier molecular flexibility index (Phi) is 3.51. The third kappa shape index (κ3) is 2.51. The van der Waals surface area contributed by atoms with E-state index in [2.05, 4.69) is 5.32 Å².